The van der Waals surface area contributed by atoms with Crippen molar-refractivity contribution in [2.45, 2.75) is 37.3 Å². The fourth-order valence-electron chi connectivity index (χ4n) is 4.95. The summed E-state index contributed by atoms with van der Waals surface area (Å²) in [7, 11) is 1.46. The number of carbonyl (C=O) groups excluding carboxylic acids is 2. The number of hydrogen-bond acceptors (Lipinski definition) is 6. The molecule has 1 heterocycles. The van der Waals surface area contributed by atoms with Crippen molar-refractivity contribution in [3.8, 4) is 11.1 Å². The maximum atomic E-state index is 13.0. The molecule has 9 nitrogen and oxygen atoms in total. The molecule has 1 aromatic heterocycles. The van der Waals surface area contributed by atoms with Crippen LogP contribution in [0.1, 0.15) is 52.4 Å². The second kappa shape index (κ2) is 8.90. The maximum Gasteiger partial charge on any atom is 0.407 e. The molecule has 1 saturated carbocycles. The number of nitrogens with one attached hydrogen (secondary N) is 1. The van der Waals surface area contributed by atoms with E-state index in [9.17, 15) is 19.5 Å². The lowest BCUT2D eigenvalue weighted by molar-refractivity contribution is -0.154. The molecule has 9 heteroatoms. The van der Waals surface area contributed by atoms with Gasteiger partial charge in [0.05, 0.1) is 6.54 Å². The molecule has 5 rings (SSSR count). The number of rotatable bonds is 7. The van der Waals surface area contributed by atoms with E-state index in [2.05, 4.69) is 22.6 Å². The van der Waals surface area contributed by atoms with Gasteiger partial charge in [0.25, 0.3) is 5.91 Å². The highest BCUT2D eigenvalue weighted by atomic mass is 16.5. The van der Waals surface area contributed by atoms with Crippen LogP contribution in [0.25, 0.3) is 11.1 Å². The molecule has 2 aliphatic rings. The minimum Gasteiger partial charge on any atom is -0.479 e. The first-order valence-electron chi connectivity index (χ1n) is 11.5. The lowest BCUT2D eigenvalue weighted by Gasteiger charge is -2.44. The van der Waals surface area contributed by atoms with E-state index in [-0.39, 0.29) is 30.3 Å². The van der Waals surface area contributed by atoms with Gasteiger partial charge in [0, 0.05) is 13.0 Å². The van der Waals surface area contributed by atoms with Crippen molar-refractivity contribution in [1.82, 2.24) is 15.4 Å². The van der Waals surface area contributed by atoms with Crippen molar-refractivity contribution < 1.29 is 28.8 Å². The van der Waals surface area contributed by atoms with E-state index < -0.39 is 23.5 Å². The lowest BCUT2D eigenvalue weighted by Crippen LogP contribution is -2.59. The Hall–Kier alpha value is -4.14. The van der Waals surface area contributed by atoms with Crippen LogP contribution in [0.5, 0.6) is 0 Å². The van der Waals surface area contributed by atoms with Gasteiger partial charge >= 0.3 is 12.1 Å². The number of aliphatic carboxylic acids is 1. The van der Waals surface area contributed by atoms with Gasteiger partial charge in [0.1, 0.15) is 29.7 Å². The second-order valence-electron chi connectivity index (χ2n) is 8.91. The van der Waals surface area contributed by atoms with E-state index in [1.54, 1.807) is 0 Å². The minimum atomic E-state index is -1.22. The summed E-state index contributed by atoms with van der Waals surface area (Å²) in [5, 5.41) is 16.0. The van der Waals surface area contributed by atoms with Crippen LogP contribution < -0.4 is 5.32 Å². The average molecular weight is 476 g/mol. The summed E-state index contributed by atoms with van der Waals surface area (Å²) in [6, 6.07) is 16.1. The monoisotopic (exact) mass is 475 g/mol. The molecule has 180 valence electrons. The number of alkyl carbamates (subject to hydrolysis) is 1. The zero-order valence-electron chi connectivity index (χ0n) is 19.2. The van der Waals surface area contributed by atoms with Crippen molar-refractivity contribution in [3.63, 3.8) is 0 Å². The summed E-state index contributed by atoms with van der Waals surface area (Å²) in [6.07, 6.45) is 2.04. The van der Waals surface area contributed by atoms with Crippen molar-refractivity contribution in [1.29, 1.82) is 0 Å². The van der Waals surface area contributed by atoms with Crippen LogP contribution >= 0.6 is 0 Å². The number of amides is 2. The summed E-state index contributed by atoms with van der Waals surface area (Å²) in [6.45, 7) is 0.0660. The van der Waals surface area contributed by atoms with Gasteiger partial charge < -0.3 is 24.6 Å². The SMILES string of the molecule is CN(C(=O)c1conc1CNC(=O)OCC1c2ccccc2-c2ccccc21)C1(C(=O)O)CCC1. The highest BCUT2D eigenvalue weighted by molar-refractivity contribution is 5.98. The Bertz CT molecular complexity index is 1250. The number of fused-ring (bicyclic) bond motifs is 3. The number of likely N-dealkylation sites (N-methyl/N-ethyl adjacent to an activating group) is 1. The molecule has 0 aliphatic heterocycles. The Labute approximate surface area is 201 Å². The molecule has 3 aromatic rings. The molecule has 1 fully saturated rings. The van der Waals surface area contributed by atoms with Crippen molar-refractivity contribution >= 4 is 18.0 Å². The summed E-state index contributed by atoms with van der Waals surface area (Å²) in [5.41, 5.74) is 3.59. The van der Waals surface area contributed by atoms with E-state index in [0.717, 1.165) is 28.7 Å². The van der Waals surface area contributed by atoms with Crippen LogP contribution in [-0.2, 0) is 16.1 Å². The Morgan fingerprint density at radius 2 is 1.74 bits per heavy atom. The summed E-state index contributed by atoms with van der Waals surface area (Å²) >= 11 is 0. The van der Waals surface area contributed by atoms with Gasteiger partial charge in [-0.25, -0.2) is 9.59 Å². The molecule has 2 aliphatic carbocycles. The average Bonchev–Trinajstić information content (AvgIpc) is 3.42. The van der Waals surface area contributed by atoms with Gasteiger partial charge in [0.2, 0.25) is 0 Å². The summed E-state index contributed by atoms with van der Waals surface area (Å²) in [5.74, 6) is -1.62. The molecule has 0 radical (unpaired) electrons. The Morgan fingerprint density at radius 1 is 1.11 bits per heavy atom. The van der Waals surface area contributed by atoms with E-state index in [1.807, 2.05) is 36.4 Å². The normalized spacial score (nSPS) is 15.5. The van der Waals surface area contributed by atoms with Crippen LogP contribution in [0.2, 0.25) is 0 Å². The molecule has 2 aromatic carbocycles. The van der Waals surface area contributed by atoms with Crippen molar-refractivity contribution in [2.24, 2.45) is 0 Å². The van der Waals surface area contributed by atoms with Crippen molar-refractivity contribution in [2.75, 3.05) is 13.7 Å². The van der Waals surface area contributed by atoms with E-state index in [4.69, 9.17) is 9.26 Å². The van der Waals surface area contributed by atoms with Crippen LogP contribution in [0.3, 0.4) is 0 Å². The third-order valence-electron chi connectivity index (χ3n) is 7.14. The Kier molecular flexibility index (Phi) is 5.76. The molecule has 35 heavy (non-hydrogen) atoms. The molecular formula is C26H25N3O6. The number of benzene rings is 2. The van der Waals surface area contributed by atoms with Crippen LogP contribution in [0.15, 0.2) is 59.3 Å². The number of aromatic nitrogens is 1. The fourth-order valence-corrected chi connectivity index (χ4v) is 4.95. The number of carboxylic acid groups (broad SMARTS) is 1. The zero-order valence-corrected chi connectivity index (χ0v) is 19.2. The predicted molar refractivity (Wildman–Crippen MR) is 125 cm³/mol. The first kappa shape index (κ1) is 22.6. The molecule has 0 bridgehead atoms. The highest BCUT2D eigenvalue weighted by Crippen LogP contribution is 2.44. The minimum absolute atomic E-state index is 0.0688. The first-order valence-corrected chi connectivity index (χ1v) is 11.5. The van der Waals surface area contributed by atoms with Gasteiger partial charge in [-0.15, -0.1) is 0 Å². The van der Waals surface area contributed by atoms with Gasteiger partial charge in [0.15, 0.2) is 0 Å². The predicted octanol–water partition coefficient (Wildman–Crippen LogP) is 3.79. The van der Waals surface area contributed by atoms with Gasteiger partial charge in [-0.1, -0.05) is 53.7 Å². The van der Waals surface area contributed by atoms with Crippen LogP contribution in [0.4, 0.5) is 4.79 Å². The number of ether oxygens (including phenoxy) is 1. The van der Waals surface area contributed by atoms with Gasteiger partial charge in [-0.05, 0) is 41.5 Å². The standard InChI is InChI=1S/C26H25N3O6/c1-29(26(24(31)32)11-6-12-26)23(30)21-15-35-28-22(21)13-27-25(33)34-14-20-18-9-4-2-7-16(18)17-8-3-5-10-19(17)20/h2-5,7-10,15,20H,6,11-14H2,1H3,(H,27,33)(H,31,32). The lowest BCUT2D eigenvalue weighted by atomic mass is 9.75. The smallest absolute Gasteiger partial charge is 0.407 e. The molecule has 0 atom stereocenters. The van der Waals surface area contributed by atoms with Gasteiger partial charge in [-0.2, -0.15) is 0 Å². The van der Waals surface area contributed by atoms with E-state index in [1.165, 1.54) is 18.2 Å². The Morgan fingerprint density at radius 3 is 2.31 bits per heavy atom. The largest absolute Gasteiger partial charge is 0.479 e. The van der Waals surface area contributed by atoms with Crippen LogP contribution in [0, 0.1) is 0 Å². The van der Waals surface area contributed by atoms with Crippen LogP contribution in [-0.4, -0.2) is 52.3 Å². The molecule has 2 amide bonds. The summed E-state index contributed by atoms with van der Waals surface area (Å²) in [4.78, 5) is 38.4. The number of carboxylic acids is 1. The topological polar surface area (TPSA) is 122 Å². The molecule has 0 saturated heterocycles. The maximum absolute atomic E-state index is 13.0. The quantitative estimate of drug-likeness (QED) is 0.533. The second-order valence-corrected chi connectivity index (χ2v) is 8.91. The highest BCUT2D eigenvalue weighted by Gasteiger charge is 2.50. The van der Waals surface area contributed by atoms with Gasteiger partial charge in [-0.3, -0.25) is 4.79 Å². The fraction of sp³-hybridized carbons (Fsp3) is 0.308. The molecule has 0 unspecified atom stereocenters. The first-order chi connectivity index (χ1) is 16.9. The number of carbonyl (C=O) groups is 3. The summed E-state index contributed by atoms with van der Waals surface area (Å²) < 4.78 is 10.5. The van der Waals surface area contributed by atoms with E-state index >= 15 is 0 Å². The molecular weight excluding hydrogens is 450 g/mol. The Balaban J connectivity index is 1.22. The third-order valence-corrected chi connectivity index (χ3v) is 7.14. The number of hydrogen-bond donors (Lipinski definition) is 2. The number of nitrogens with zero attached hydrogens (tertiary/aromatic N) is 2. The molecule has 0 spiro atoms. The molecule has 2 N–H and O–H groups in total. The van der Waals surface area contributed by atoms with Crippen molar-refractivity contribution in [3.05, 3.63) is 77.2 Å². The van der Waals surface area contributed by atoms with E-state index in [0.29, 0.717) is 12.8 Å². The third kappa shape index (κ3) is 3.82. The zero-order chi connectivity index (χ0) is 24.6.